The van der Waals surface area contributed by atoms with Crippen LogP contribution in [0.4, 0.5) is 0 Å². The fourth-order valence-corrected chi connectivity index (χ4v) is 1.21. The second kappa shape index (κ2) is 3.79. The van der Waals surface area contributed by atoms with E-state index in [1.54, 1.807) is 0 Å². The van der Waals surface area contributed by atoms with Crippen molar-refractivity contribution in [3.05, 3.63) is 29.8 Å². The Morgan fingerprint density at radius 2 is 2.38 bits per heavy atom. The Hall–Kier alpha value is -1.02. The van der Waals surface area contributed by atoms with Crippen LogP contribution in [0.25, 0.3) is 0 Å². The van der Waals surface area contributed by atoms with Crippen molar-refractivity contribution in [1.29, 1.82) is 0 Å². The van der Waals surface area contributed by atoms with Crippen LogP contribution in [-0.4, -0.2) is 19.3 Å². The van der Waals surface area contributed by atoms with Crippen molar-refractivity contribution in [1.82, 2.24) is 0 Å². The minimum atomic E-state index is 0.338. The van der Waals surface area contributed by atoms with Crippen molar-refractivity contribution in [3.63, 3.8) is 0 Å². The van der Waals surface area contributed by atoms with Crippen LogP contribution in [0.2, 0.25) is 0 Å². The fraction of sp³-hybridized carbons (Fsp3) is 0.455. The largest absolute Gasteiger partial charge is 0.491 e. The van der Waals surface area contributed by atoms with E-state index in [4.69, 9.17) is 9.47 Å². The maximum Gasteiger partial charge on any atom is 0.119 e. The first kappa shape index (κ1) is 8.57. The molecule has 0 aromatic heterocycles. The highest BCUT2D eigenvalue weighted by Gasteiger charge is 2.22. The van der Waals surface area contributed by atoms with Gasteiger partial charge >= 0.3 is 0 Å². The van der Waals surface area contributed by atoms with Crippen LogP contribution in [0.3, 0.4) is 0 Å². The molecule has 0 radical (unpaired) electrons. The van der Waals surface area contributed by atoms with Crippen LogP contribution >= 0.6 is 0 Å². The maximum absolute atomic E-state index is 5.55. The summed E-state index contributed by atoms with van der Waals surface area (Å²) in [5, 5.41) is 0. The molecule has 1 heterocycles. The minimum absolute atomic E-state index is 0.338. The predicted molar refractivity (Wildman–Crippen MR) is 51.1 cm³/mol. The monoisotopic (exact) mass is 178 g/mol. The third-order valence-electron chi connectivity index (χ3n) is 2.14. The quantitative estimate of drug-likeness (QED) is 0.658. The van der Waals surface area contributed by atoms with Crippen molar-refractivity contribution < 1.29 is 9.47 Å². The number of hydrogen-bond acceptors (Lipinski definition) is 2. The Balaban J connectivity index is 1.93. The summed E-state index contributed by atoms with van der Waals surface area (Å²) in [4.78, 5) is 0. The summed E-state index contributed by atoms with van der Waals surface area (Å²) in [6.45, 7) is 3.68. The van der Waals surface area contributed by atoms with Crippen LogP contribution in [0, 0.1) is 0 Å². The predicted octanol–water partition coefficient (Wildman–Crippen LogP) is 2.03. The molecule has 1 aliphatic rings. The van der Waals surface area contributed by atoms with Crippen molar-refractivity contribution >= 4 is 0 Å². The van der Waals surface area contributed by atoms with Crippen LogP contribution in [0.5, 0.6) is 5.75 Å². The number of benzene rings is 1. The highest BCUT2D eigenvalue weighted by molar-refractivity contribution is 5.28. The molecule has 0 unspecified atom stereocenters. The standard InChI is InChI=1S/C11H14O2/c1-2-9-4-3-5-10(6-9)12-7-11-8-13-11/h3-6,11H,2,7-8H2,1H3/t11-/m1/s1. The Kier molecular flexibility index (Phi) is 2.50. The van der Waals surface area contributed by atoms with E-state index in [0.29, 0.717) is 12.7 Å². The topological polar surface area (TPSA) is 21.8 Å². The van der Waals surface area contributed by atoms with E-state index >= 15 is 0 Å². The zero-order valence-corrected chi connectivity index (χ0v) is 7.82. The highest BCUT2D eigenvalue weighted by Crippen LogP contribution is 2.16. The average Bonchev–Trinajstić information content (AvgIpc) is 2.99. The summed E-state index contributed by atoms with van der Waals surface area (Å²) in [5.74, 6) is 0.954. The van der Waals surface area contributed by atoms with Crippen molar-refractivity contribution in [2.75, 3.05) is 13.2 Å². The van der Waals surface area contributed by atoms with Gasteiger partial charge in [-0.1, -0.05) is 19.1 Å². The van der Waals surface area contributed by atoms with Crippen LogP contribution < -0.4 is 4.74 Å². The Bertz CT molecular complexity index is 279. The molecule has 0 spiro atoms. The lowest BCUT2D eigenvalue weighted by atomic mass is 10.2. The lowest BCUT2D eigenvalue weighted by Crippen LogP contribution is -2.03. The van der Waals surface area contributed by atoms with Gasteiger partial charge in [0.2, 0.25) is 0 Å². The first-order valence-electron chi connectivity index (χ1n) is 4.72. The summed E-state index contributed by atoms with van der Waals surface area (Å²) in [5.41, 5.74) is 1.31. The SMILES string of the molecule is CCc1cccc(OC[C@@H]2CO2)c1. The van der Waals surface area contributed by atoms with E-state index in [9.17, 15) is 0 Å². The number of epoxide rings is 1. The van der Waals surface area contributed by atoms with Gasteiger partial charge in [-0.3, -0.25) is 0 Å². The number of hydrogen-bond donors (Lipinski definition) is 0. The Morgan fingerprint density at radius 1 is 1.54 bits per heavy atom. The minimum Gasteiger partial charge on any atom is -0.491 e. The van der Waals surface area contributed by atoms with Gasteiger partial charge in [-0.25, -0.2) is 0 Å². The second-order valence-electron chi connectivity index (χ2n) is 3.27. The fourth-order valence-electron chi connectivity index (χ4n) is 1.21. The molecule has 13 heavy (non-hydrogen) atoms. The number of aryl methyl sites for hydroxylation is 1. The number of ether oxygens (including phenoxy) is 2. The molecule has 70 valence electrons. The van der Waals surface area contributed by atoms with Gasteiger partial charge in [-0.2, -0.15) is 0 Å². The van der Waals surface area contributed by atoms with Gasteiger partial charge in [0.25, 0.3) is 0 Å². The molecule has 1 atom stereocenters. The lowest BCUT2D eigenvalue weighted by Gasteiger charge is -2.04. The van der Waals surface area contributed by atoms with Crippen LogP contribution in [-0.2, 0) is 11.2 Å². The maximum atomic E-state index is 5.55. The normalized spacial score (nSPS) is 19.9. The second-order valence-corrected chi connectivity index (χ2v) is 3.27. The van der Waals surface area contributed by atoms with Crippen LogP contribution in [0.1, 0.15) is 12.5 Å². The average molecular weight is 178 g/mol. The van der Waals surface area contributed by atoms with Gasteiger partial charge in [-0.05, 0) is 24.1 Å². The molecule has 0 bridgehead atoms. The smallest absolute Gasteiger partial charge is 0.119 e. The lowest BCUT2D eigenvalue weighted by molar-refractivity contribution is 0.263. The van der Waals surface area contributed by atoms with E-state index in [1.807, 2.05) is 12.1 Å². The van der Waals surface area contributed by atoms with E-state index in [0.717, 1.165) is 18.8 Å². The molecule has 0 N–H and O–H groups in total. The Labute approximate surface area is 78.5 Å². The zero-order valence-electron chi connectivity index (χ0n) is 7.82. The molecule has 1 saturated heterocycles. The molecule has 0 aliphatic carbocycles. The van der Waals surface area contributed by atoms with E-state index in [2.05, 4.69) is 19.1 Å². The highest BCUT2D eigenvalue weighted by atomic mass is 16.6. The van der Waals surface area contributed by atoms with Gasteiger partial charge in [0, 0.05) is 0 Å². The molecule has 1 aromatic carbocycles. The molecule has 0 amide bonds. The summed E-state index contributed by atoms with van der Waals surface area (Å²) in [7, 11) is 0. The zero-order chi connectivity index (χ0) is 9.10. The Morgan fingerprint density at radius 3 is 3.08 bits per heavy atom. The molecule has 1 aromatic rings. The molecular formula is C11H14O2. The summed E-state index contributed by atoms with van der Waals surface area (Å²) >= 11 is 0. The van der Waals surface area contributed by atoms with Gasteiger partial charge in [0.05, 0.1) is 6.61 Å². The molecule has 2 heteroatoms. The van der Waals surface area contributed by atoms with Crippen molar-refractivity contribution in [2.24, 2.45) is 0 Å². The third-order valence-corrected chi connectivity index (χ3v) is 2.14. The molecular weight excluding hydrogens is 164 g/mol. The first-order valence-corrected chi connectivity index (χ1v) is 4.72. The van der Waals surface area contributed by atoms with E-state index < -0.39 is 0 Å². The molecule has 2 nitrogen and oxygen atoms in total. The van der Waals surface area contributed by atoms with E-state index in [-0.39, 0.29) is 0 Å². The van der Waals surface area contributed by atoms with Gasteiger partial charge in [0.1, 0.15) is 18.5 Å². The van der Waals surface area contributed by atoms with E-state index in [1.165, 1.54) is 5.56 Å². The molecule has 2 rings (SSSR count). The third kappa shape index (κ3) is 2.46. The van der Waals surface area contributed by atoms with Crippen LogP contribution in [0.15, 0.2) is 24.3 Å². The van der Waals surface area contributed by atoms with Gasteiger partial charge in [0.15, 0.2) is 0 Å². The molecule has 1 fully saturated rings. The van der Waals surface area contributed by atoms with Gasteiger partial charge < -0.3 is 9.47 Å². The van der Waals surface area contributed by atoms with Crippen molar-refractivity contribution in [3.8, 4) is 5.75 Å². The first-order chi connectivity index (χ1) is 6.38. The van der Waals surface area contributed by atoms with Gasteiger partial charge in [-0.15, -0.1) is 0 Å². The molecule has 1 aliphatic heterocycles. The summed E-state index contributed by atoms with van der Waals surface area (Å²) in [6.07, 6.45) is 1.39. The van der Waals surface area contributed by atoms with Crippen molar-refractivity contribution in [2.45, 2.75) is 19.4 Å². The summed E-state index contributed by atoms with van der Waals surface area (Å²) in [6, 6.07) is 8.21. The molecule has 0 saturated carbocycles. The number of rotatable bonds is 4. The summed E-state index contributed by atoms with van der Waals surface area (Å²) < 4.78 is 10.6.